The van der Waals surface area contributed by atoms with Gasteiger partial charge in [0.1, 0.15) is 28.4 Å². The molecule has 0 saturated carbocycles. The fraction of sp³-hybridized carbons (Fsp3) is 0.360. The Morgan fingerprint density at radius 1 is 1.22 bits per heavy atom. The smallest absolute Gasteiger partial charge is 0.491 e. The molecule has 1 aliphatic carbocycles. The number of carbonyl (C=O) groups excluding carboxylic acids is 1. The molecular formula is C25H25F3N4O5. The molecule has 2 aliphatic rings. The number of carboxylic acid groups (broad SMARTS) is 1. The molecule has 5 rings (SSSR count). The quantitative estimate of drug-likeness (QED) is 0.506. The van der Waals surface area contributed by atoms with Gasteiger partial charge in [-0.05, 0) is 55.5 Å². The zero-order valence-electron chi connectivity index (χ0n) is 19.9. The van der Waals surface area contributed by atoms with Crippen molar-refractivity contribution in [2.24, 2.45) is 7.05 Å². The van der Waals surface area contributed by atoms with Crippen LogP contribution < -0.4 is 14.8 Å². The van der Waals surface area contributed by atoms with Crippen LogP contribution in [-0.4, -0.2) is 45.2 Å². The van der Waals surface area contributed by atoms with E-state index < -0.39 is 11.9 Å². The first-order chi connectivity index (χ1) is 17.7. The number of ether oxygens (including phenoxy) is 2. The molecule has 196 valence electrons. The lowest BCUT2D eigenvalue weighted by molar-refractivity contribution is -0.274. The van der Waals surface area contributed by atoms with Gasteiger partial charge >= 0.3 is 6.36 Å². The maximum absolute atomic E-state index is 13.7. The monoisotopic (exact) mass is 518 g/mol. The Labute approximate surface area is 210 Å². The number of hydrogen-bond acceptors (Lipinski definition) is 6. The molecule has 0 fully saturated rings. The largest absolute Gasteiger partial charge is 0.573 e. The predicted octanol–water partition coefficient (Wildman–Crippen LogP) is 3.75. The Morgan fingerprint density at radius 3 is 2.62 bits per heavy atom. The van der Waals surface area contributed by atoms with Gasteiger partial charge in [-0.2, -0.15) is 5.10 Å². The second-order valence-corrected chi connectivity index (χ2v) is 8.59. The van der Waals surface area contributed by atoms with E-state index in [0.29, 0.717) is 35.7 Å². The number of hydrogen-bond donors (Lipinski definition) is 2. The molecule has 1 aromatic carbocycles. The summed E-state index contributed by atoms with van der Waals surface area (Å²) in [7, 11) is 1.75. The molecule has 3 aromatic rings. The molecule has 0 saturated heterocycles. The van der Waals surface area contributed by atoms with Crippen LogP contribution in [0.2, 0.25) is 0 Å². The summed E-state index contributed by atoms with van der Waals surface area (Å²) in [6.45, 7) is 0.0449. The Balaban J connectivity index is 0.00000102. The summed E-state index contributed by atoms with van der Waals surface area (Å²) in [5.74, 6) is -0.143. The van der Waals surface area contributed by atoms with E-state index in [0.717, 1.165) is 36.9 Å². The summed E-state index contributed by atoms with van der Waals surface area (Å²) in [4.78, 5) is 26.6. The average molecular weight is 518 g/mol. The van der Waals surface area contributed by atoms with Gasteiger partial charge in [0.15, 0.2) is 0 Å². The minimum atomic E-state index is -4.79. The van der Waals surface area contributed by atoms with E-state index in [9.17, 15) is 18.0 Å². The normalized spacial score (nSPS) is 18.3. The highest BCUT2D eigenvalue weighted by Gasteiger charge is 2.43. The molecule has 12 heteroatoms. The van der Waals surface area contributed by atoms with Crippen molar-refractivity contribution in [3.63, 3.8) is 0 Å². The van der Waals surface area contributed by atoms with E-state index in [1.165, 1.54) is 24.3 Å². The maximum Gasteiger partial charge on any atom is 0.573 e. The molecule has 2 N–H and O–H groups in total. The molecule has 0 bridgehead atoms. The van der Waals surface area contributed by atoms with Gasteiger partial charge in [-0.3, -0.25) is 19.3 Å². The van der Waals surface area contributed by atoms with Crippen LogP contribution in [0.1, 0.15) is 52.3 Å². The number of benzene rings is 1. The van der Waals surface area contributed by atoms with Crippen LogP contribution in [0.4, 0.5) is 13.2 Å². The summed E-state index contributed by atoms with van der Waals surface area (Å²) in [6, 6.07) is 9.00. The Bertz CT molecular complexity index is 1280. The second kappa shape index (κ2) is 10.5. The van der Waals surface area contributed by atoms with Crippen LogP contribution in [-0.2, 0) is 30.2 Å². The van der Waals surface area contributed by atoms with Gasteiger partial charge in [-0.1, -0.05) is 12.1 Å². The number of rotatable bonds is 4. The van der Waals surface area contributed by atoms with Gasteiger partial charge < -0.3 is 19.9 Å². The van der Waals surface area contributed by atoms with Crippen LogP contribution in [0.5, 0.6) is 11.5 Å². The van der Waals surface area contributed by atoms with Gasteiger partial charge in [0.2, 0.25) is 0 Å². The lowest BCUT2D eigenvalue weighted by Gasteiger charge is -2.39. The highest BCUT2D eigenvalue weighted by molar-refractivity contribution is 5.95. The number of aryl methyl sites for hydroxylation is 2. The summed E-state index contributed by atoms with van der Waals surface area (Å²) < 4.78 is 49.4. The van der Waals surface area contributed by atoms with E-state index in [-0.39, 0.29) is 18.1 Å². The van der Waals surface area contributed by atoms with E-state index >= 15 is 0 Å². The summed E-state index contributed by atoms with van der Waals surface area (Å²) in [5, 5.41) is 14.6. The van der Waals surface area contributed by atoms with Gasteiger partial charge in [0.25, 0.3) is 12.4 Å². The lowest BCUT2D eigenvalue weighted by Crippen LogP contribution is -2.50. The molecule has 3 heterocycles. The van der Waals surface area contributed by atoms with Crippen molar-refractivity contribution in [1.29, 1.82) is 0 Å². The van der Waals surface area contributed by atoms with Crippen LogP contribution in [0.3, 0.4) is 0 Å². The topological polar surface area (TPSA) is 116 Å². The molecule has 37 heavy (non-hydrogen) atoms. The molecule has 1 atom stereocenters. The summed E-state index contributed by atoms with van der Waals surface area (Å²) >= 11 is 0. The van der Waals surface area contributed by atoms with Crippen LogP contribution in [0.15, 0.2) is 42.6 Å². The number of aromatic nitrogens is 3. The van der Waals surface area contributed by atoms with Crippen molar-refractivity contribution >= 4 is 12.4 Å². The molecule has 9 nitrogen and oxygen atoms in total. The number of nitrogens with zero attached hydrogens (tertiary/aromatic N) is 3. The molecule has 1 unspecified atom stereocenters. The second-order valence-electron chi connectivity index (χ2n) is 8.59. The number of alkyl halides is 3. The first kappa shape index (κ1) is 26.0. The average Bonchev–Trinajstić information content (AvgIpc) is 3.20. The van der Waals surface area contributed by atoms with E-state index in [1.54, 1.807) is 30.1 Å². The number of halogens is 3. The minimum absolute atomic E-state index is 0.250. The van der Waals surface area contributed by atoms with E-state index in [4.69, 9.17) is 14.6 Å². The lowest BCUT2D eigenvalue weighted by atomic mass is 9.81. The summed E-state index contributed by atoms with van der Waals surface area (Å²) in [5.41, 5.74) is 2.35. The first-order valence-corrected chi connectivity index (χ1v) is 11.6. The Hall–Kier alpha value is -4.09. The van der Waals surface area contributed by atoms with Crippen molar-refractivity contribution in [2.75, 3.05) is 6.61 Å². The third kappa shape index (κ3) is 5.37. The highest BCUT2D eigenvalue weighted by Crippen LogP contribution is 2.41. The summed E-state index contributed by atoms with van der Waals surface area (Å²) in [6.07, 6.45) is 0.794. The zero-order chi connectivity index (χ0) is 26.6. The van der Waals surface area contributed by atoms with E-state index in [2.05, 4.69) is 20.1 Å². The Kier molecular flexibility index (Phi) is 7.37. The number of amides is 1. The highest BCUT2D eigenvalue weighted by atomic mass is 19.4. The Morgan fingerprint density at radius 2 is 1.92 bits per heavy atom. The maximum atomic E-state index is 13.7. The standard InChI is InChI=1S/C24H23F3N4O3.CH2O2/c1-31-20(17-5-2-3-6-18(17)30-31)22(32)29-23(12-14-33-19-7-4-13-28-21(19)23)15-8-10-16(11-9-15)34-24(25,26)27;2-1-3/h4,7-11,13H,2-3,5-6,12,14H2,1H3,(H,29,32);1H,(H,2,3). The minimum Gasteiger partial charge on any atom is -0.491 e. The molecular weight excluding hydrogens is 493 g/mol. The third-order valence-electron chi connectivity index (χ3n) is 6.35. The third-order valence-corrected chi connectivity index (χ3v) is 6.35. The molecule has 1 aliphatic heterocycles. The first-order valence-electron chi connectivity index (χ1n) is 11.6. The van der Waals surface area contributed by atoms with E-state index in [1.807, 2.05) is 0 Å². The fourth-order valence-electron chi connectivity index (χ4n) is 4.89. The predicted molar refractivity (Wildman–Crippen MR) is 124 cm³/mol. The zero-order valence-corrected chi connectivity index (χ0v) is 19.9. The number of pyridine rings is 1. The van der Waals surface area contributed by atoms with Crippen molar-refractivity contribution in [2.45, 2.75) is 44.0 Å². The van der Waals surface area contributed by atoms with Crippen LogP contribution in [0.25, 0.3) is 0 Å². The number of nitrogens with one attached hydrogen (secondary N) is 1. The van der Waals surface area contributed by atoms with Crippen molar-refractivity contribution < 1.29 is 37.3 Å². The van der Waals surface area contributed by atoms with Crippen LogP contribution >= 0.6 is 0 Å². The fourth-order valence-corrected chi connectivity index (χ4v) is 4.89. The van der Waals surface area contributed by atoms with Gasteiger partial charge in [0.05, 0.1) is 12.3 Å². The number of carbonyl (C=O) groups is 2. The van der Waals surface area contributed by atoms with Gasteiger partial charge in [-0.15, -0.1) is 13.2 Å². The van der Waals surface area contributed by atoms with Crippen molar-refractivity contribution in [3.05, 3.63) is 70.8 Å². The molecule has 2 aromatic heterocycles. The van der Waals surface area contributed by atoms with Crippen LogP contribution in [0, 0.1) is 0 Å². The molecule has 1 amide bonds. The van der Waals surface area contributed by atoms with Crippen molar-refractivity contribution in [1.82, 2.24) is 20.1 Å². The SMILES string of the molecule is Cn1nc2c(c1C(=O)NC1(c3ccc(OC(F)(F)F)cc3)CCOc3cccnc31)CCCC2.O=CO. The molecule has 0 spiro atoms. The van der Waals surface area contributed by atoms with Gasteiger partial charge in [0, 0.05) is 25.2 Å². The number of fused-ring (bicyclic) bond motifs is 2. The van der Waals surface area contributed by atoms with Crippen molar-refractivity contribution in [3.8, 4) is 11.5 Å². The molecule has 0 radical (unpaired) electrons. The van der Waals surface area contributed by atoms with Gasteiger partial charge in [-0.25, -0.2) is 0 Å².